The second-order valence-corrected chi connectivity index (χ2v) is 12.3. The number of amides is 1. The number of carbonyl (C=O) groups is 1. The number of aliphatic hydroxyl groups is 1. The van der Waals surface area contributed by atoms with Gasteiger partial charge in [-0.1, -0.05) is 33.8 Å². The summed E-state index contributed by atoms with van der Waals surface area (Å²) < 4.78 is 16.6. The number of methoxy groups -OCH3 is 2. The molecule has 0 unspecified atom stereocenters. The summed E-state index contributed by atoms with van der Waals surface area (Å²) in [5.74, 6) is 1.93. The molecule has 8 heteroatoms. The molecule has 1 aromatic rings. The fraction of sp³-hybridized carbons (Fsp3) is 0.774. The third-order valence-corrected chi connectivity index (χ3v) is 8.49. The maximum Gasteiger partial charge on any atom is 0.223 e. The SMILES string of the molecule is COCCCOc1cc(C[C@@H](C[C@H](N)[C@@H](O)C[C@H](C(=O)NCC2(N(C)C)CC2)C(C)C)C(C)C)ccc1OC. The molecule has 0 spiro atoms. The molecule has 39 heavy (non-hydrogen) atoms. The van der Waals surface area contributed by atoms with E-state index in [2.05, 4.69) is 44.2 Å². The molecule has 0 aromatic heterocycles. The zero-order valence-electron chi connectivity index (χ0n) is 25.7. The number of ether oxygens (including phenoxy) is 3. The van der Waals surface area contributed by atoms with Crippen molar-refractivity contribution in [1.29, 1.82) is 0 Å². The van der Waals surface area contributed by atoms with Crippen molar-refractivity contribution in [3.8, 4) is 11.5 Å². The monoisotopic (exact) mass is 549 g/mol. The Labute approximate surface area is 236 Å². The predicted octanol–water partition coefficient (Wildman–Crippen LogP) is 3.88. The van der Waals surface area contributed by atoms with Crippen molar-refractivity contribution in [3.05, 3.63) is 23.8 Å². The zero-order chi connectivity index (χ0) is 29.2. The topological polar surface area (TPSA) is 106 Å². The first-order chi connectivity index (χ1) is 18.4. The Kier molecular flexibility index (Phi) is 13.5. The van der Waals surface area contributed by atoms with Crippen LogP contribution in [0.15, 0.2) is 18.2 Å². The first kappa shape index (κ1) is 33.3. The lowest BCUT2D eigenvalue weighted by Crippen LogP contribution is -2.46. The van der Waals surface area contributed by atoms with Crippen LogP contribution in [0.25, 0.3) is 0 Å². The van der Waals surface area contributed by atoms with Crippen molar-refractivity contribution in [1.82, 2.24) is 10.2 Å². The van der Waals surface area contributed by atoms with Gasteiger partial charge in [-0.2, -0.15) is 0 Å². The number of hydrogen-bond donors (Lipinski definition) is 3. The fourth-order valence-corrected chi connectivity index (χ4v) is 5.17. The van der Waals surface area contributed by atoms with Crippen molar-refractivity contribution < 1.29 is 24.1 Å². The van der Waals surface area contributed by atoms with Gasteiger partial charge < -0.3 is 35.3 Å². The highest BCUT2D eigenvalue weighted by Gasteiger charge is 2.45. The summed E-state index contributed by atoms with van der Waals surface area (Å²) in [6.07, 6.45) is 4.12. The lowest BCUT2D eigenvalue weighted by Gasteiger charge is -2.31. The molecule has 0 aliphatic heterocycles. The van der Waals surface area contributed by atoms with Gasteiger partial charge in [-0.15, -0.1) is 0 Å². The van der Waals surface area contributed by atoms with Crippen LogP contribution in [0.2, 0.25) is 0 Å². The van der Waals surface area contributed by atoms with Crippen LogP contribution in [0.3, 0.4) is 0 Å². The molecule has 0 bridgehead atoms. The Morgan fingerprint density at radius 3 is 2.31 bits per heavy atom. The summed E-state index contributed by atoms with van der Waals surface area (Å²) in [4.78, 5) is 15.3. The normalized spacial score (nSPS) is 17.7. The molecular weight excluding hydrogens is 494 g/mol. The molecular formula is C31H55N3O5. The van der Waals surface area contributed by atoms with E-state index >= 15 is 0 Å². The van der Waals surface area contributed by atoms with Gasteiger partial charge in [0.1, 0.15) is 0 Å². The van der Waals surface area contributed by atoms with Gasteiger partial charge in [-0.05, 0) is 81.6 Å². The van der Waals surface area contributed by atoms with E-state index in [0.29, 0.717) is 44.3 Å². The lowest BCUT2D eigenvalue weighted by molar-refractivity contribution is -0.128. The Balaban J connectivity index is 1.99. The van der Waals surface area contributed by atoms with Crippen molar-refractivity contribution >= 4 is 5.91 Å². The second-order valence-electron chi connectivity index (χ2n) is 12.3. The smallest absolute Gasteiger partial charge is 0.223 e. The van der Waals surface area contributed by atoms with Crippen LogP contribution in [0.1, 0.15) is 65.4 Å². The van der Waals surface area contributed by atoms with Gasteiger partial charge in [-0.25, -0.2) is 0 Å². The van der Waals surface area contributed by atoms with Crippen LogP contribution in [0, 0.1) is 23.7 Å². The highest BCUT2D eigenvalue weighted by atomic mass is 16.5. The van der Waals surface area contributed by atoms with E-state index in [0.717, 1.165) is 37.0 Å². The third kappa shape index (κ3) is 10.2. The van der Waals surface area contributed by atoms with Gasteiger partial charge in [0, 0.05) is 44.2 Å². The van der Waals surface area contributed by atoms with Crippen LogP contribution in [-0.2, 0) is 16.0 Å². The summed E-state index contributed by atoms with van der Waals surface area (Å²) in [5.41, 5.74) is 7.81. The Morgan fingerprint density at radius 2 is 1.77 bits per heavy atom. The molecule has 0 heterocycles. The van der Waals surface area contributed by atoms with E-state index in [-0.39, 0.29) is 29.2 Å². The summed E-state index contributed by atoms with van der Waals surface area (Å²) in [6, 6.07) is 5.65. The molecule has 1 saturated carbocycles. The minimum Gasteiger partial charge on any atom is -0.493 e. The largest absolute Gasteiger partial charge is 0.493 e. The molecule has 1 fully saturated rings. The van der Waals surface area contributed by atoms with E-state index < -0.39 is 12.1 Å². The number of hydrogen-bond acceptors (Lipinski definition) is 7. The third-order valence-electron chi connectivity index (χ3n) is 8.49. The quantitative estimate of drug-likeness (QED) is 0.225. The number of nitrogens with zero attached hydrogens (tertiary/aromatic N) is 1. The van der Waals surface area contributed by atoms with Crippen molar-refractivity contribution in [2.45, 2.75) is 83.9 Å². The number of likely N-dealkylation sites (N-methyl/N-ethyl adjacent to an activating group) is 1. The van der Waals surface area contributed by atoms with E-state index in [4.69, 9.17) is 19.9 Å². The summed E-state index contributed by atoms with van der Waals surface area (Å²) in [7, 11) is 7.46. The van der Waals surface area contributed by atoms with Gasteiger partial charge in [0.2, 0.25) is 5.91 Å². The van der Waals surface area contributed by atoms with Crippen LogP contribution < -0.4 is 20.5 Å². The molecule has 1 aromatic carbocycles. The van der Waals surface area contributed by atoms with Crippen molar-refractivity contribution in [3.63, 3.8) is 0 Å². The zero-order valence-corrected chi connectivity index (χ0v) is 25.7. The highest BCUT2D eigenvalue weighted by Crippen LogP contribution is 2.39. The number of nitrogens with two attached hydrogens (primary N) is 1. The minimum atomic E-state index is -0.747. The van der Waals surface area contributed by atoms with E-state index in [9.17, 15) is 9.90 Å². The van der Waals surface area contributed by atoms with Gasteiger partial charge in [0.05, 0.1) is 19.8 Å². The van der Waals surface area contributed by atoms with Gasteiger partial charge >= 0.3 is 0 Å². The average Bonchev–Trinajstić information content (AvgIpc) is 3.69. The molecule has 0 saturated heterocycles. The number of nitrogens with one attached hydrogen (secondary N) is 1. The molecule has 1 aliphatic carbocycles. The lowest BCUT2D eigenvalue weighted by atomic mass is 9.81. The Morgan fingerprint density at radius 1 is 1.08 bits per heavy atom. The Hall–Kier alpha value is -1.87. The maximum absolute atomic E-state index is 13.1. The number of rotatable bonds is 19. The fourth-order valence-electron chi connectivity index (χ4n) is 5.17. The van der Waals surface area contributed by atoms with Gasteiger partial charge in [-0.3, -0.25) is 4.79 Å². The second kappa shape index (κ2) is 15.8. The van der Waals surface area contributed by atoms with Crippen molar-refractivity contribution in [2.24, 2.45) is 29.4 Å². The summed E-state index contributed by atoms with van der Waals surface area (Å²) >= 11 is 0. The highest BCUT2D eigenvalue weighted by molar-refractivity contribution is 5.79. The first-order valence-corrected chi connectivity index (χ1v) is 14.6. The van der Waals surface area contributed by atoms with Crippen LogP contribution in [-0.4, -0.2) is 81.7 Å². The van der Waals surface area contributed by atoms with E-state index in [1.54, 1.807) is 14.2 Å². The number of carbonyl (C=O) groups excluding carboxylic acids is 1. The minimum absolute atomic E-state index is 0.0149. The summed E-state index contributed by atoms with van der Waals surface area (Å²) in [5, 5.41) is 14.3. The molecule has 0 radical (unpaired) electrons. The van der Waals surface area contributed by atoms with Crippen molar-refractivity contribution in [2.75, 3.05) is 48.1 Å². The van der Waals surface area contributed by atoms with Crippen LogP contribution in [0.4, 0.5) is 0 Å². The maximum atomic E-state index is 13.1. The molecule has 1 aliphatic rings. The number of benzene rings is 1. The molecule has 1 amide bonds. The molecule has 2 rings (SSSR count). The average molecular weight is 550 g/mol. The van der Waals surface area contributed by atoms with Gasteiger partial charge in [0.15, 0.2) is 11.5 Å². The molecule has 4 N–H and O–H groups in total. The molecule has 224 valence electrons. The van der Waals surface area contributed by atoms with Crippen LogP contribution in [0.5, 0.6) is 11.5 Å². The number of aliphatic hydroxyl groups excluding tert-OH is 1. The van der Waals surface area contributed by atoms with Crippen LogP contribution >= 0.6 is 0 Å². The molecule has 4 atom stereocenters. The van der Waals surface area contributed by atoms with E-state index in [1.165, 1.54) is 0 Å². The molecule has 8 nitrogen and oxygen atoms in total. The first-order valence-electron chi connectivity index (χ1n) is 14.6. The van der Waals surface area contributed by atoms with Gasteiger partial charge in [0.25, 0.3) is 0 Å². The standard InChI is InChI=1S/C31H55N3O5/c1-21(2)24(16-23-10-11-28(38-8)29(17-23)39-15-9-14-37-7)18-26(32)27(35)19-25(22(3)4)30(36)33-20-31(12-13-31)34(5)6/h10-11,17,21-22,24-27,35H,9,12-16,18-20,32H2,1-8H3,(H,33,36)/t24-,25-,26-,27-/m0/s1. The van der Waals surface area contributed by atoms with E-state index in [1.807, 2.05) is 26.0 Å². The Bertz CT molecular complexity index is 872. The predicted molar refractivity (Wildman–Crippen MR) is 157 cm³/mol. The summed E-state index contributed by atoms with van der Waals surface area (Å²) in [6.45, 7) is 10.3.